The highest BCUT2D eigenvalue weighted by Gasteiger charge is 2.52. The predicted octanol–water partition coefficient (Wildman–Crippen LogP) is 3.90. The minimum Gasteiger partial charge on any atom is -0.480 e. The van der Waals surface area contributed by atoms with Crippen molar-refractivity contribution in [3.63, 3.8) is 0 Å². The molecule has 0 radical (unpaired) electrons. The van der Waals surface area contributed by atoms with Gasteiger partial charge >= 0.3 is 18.1 Å². The van der Waals surface area contributed by atoms with E-state index in [-0.39, 0.29) is 24.9 Å². The average molecular weight is 444 g/mol. The molecule has 0 aliphatic carbocycles. The molecular weight excluding hydrogens is 414 g/mol. The number of carboxylic acid groups (broad SMARTS) is 1. The van der Waals surface area contributed by atoms with Gasteiger partial charge in [0.25, 0.3) is 0 Å². The Morgan fingerprint density at radius 2 is 2.06 bits per heavy atom. The Labute approximate surface area is 187 Å². The number of benzene rings is 1. The minimum absolute atomic E-state index is 0.0360. The molecule has 0 bridgehead atoms. The van der Waals surface area contributed by atoms with Crippen LogP contribution in [0.3, 0.4) is 0 Å². The lowest BCUT2D eigenvalue weighted by Gasteiger charge is -2.32. The van der Waals surface area contributed by atoms with Gasteiger partial charge in [0.1, 0.15) is 17.2 Å². The molecule has 1 aromatic carbocycles. The van der Waals surface area contributed by atoms with E-state index >= 15 is 0 Å². The molecule has 1 aliphatic heterocycles. The fourth-order valence-electron chi connectivity index (χ4n) is 3.56. The molecule has 1 fully saturated rings. The van der Waals surface area contributed by atoms with Gasteiger partial charge in [0.05, 0.1) is 24.1 Å². The fraction of sp³-hybridized carbons (Fsp3) is 0.478. The van der Waals surface area contributed by atoms with Crippen LogP contribution in [0.1, 0.15) is 46.6 Å². The molecule has 1 saturated heterocycles. The zero-order valence-electron chi connectivity index (χ0n) is 19.0. The number of hydrogen-bond donors (Lipinski definition) is 1. The van der Waals surface area contributed by atoms with Crippen LogP contribution in [0, 0.1) is 0 Å². The molecular formula is C23H29N3O6. The SMILES string of the molecule is C=Cc1ccc2nc(OCC)nc(O[C@H]3CN(C(=O)OC(C)(C)C)[C@](C)(C(=O)O)C3)c2c1. The lowest BCUT2D eigenvalue weighted by atomic mass is 9.98. The number of carboxylic acids is 1. The highest BCUT2D eigenvalue weighted by molar-refractivity contribution is 5.87. The Balaban J connectivity index is 1.96. The van der Waals surface area contributed by atoms with Gasteiger partial charge in [-0.1, -0.05) is 18.7 Å². The average Bonchev–Trinajstić information content (AvgIpc) is 3.04. The summed E-state index contributed by atoms with van der Waals surface area (Å²) >= 11 is 0. The first-order chi connectivity index (χ1) is 15.0. The Hall–Kier alpha value is -3.36. The summed E-state index contributed by atoms with van der Waals surface area (Å²) in [4.78, 5) is 34.8. The number of carbonyl (C=O) groups is 2. The molecule has 1 N–H and O–H groups in total. The fourth-order valence-corrected chi connectivity index (χ4v) is 3.56. The third-order valence-corrected chi connectivity index (χ3v) is 5.13. The number of hydrogen-bond acceptors (Lipinski definition) is 7. The van der Waals surface area contributed by atoms with E-state index in [1.165, 1.54) is 11.8 Å². The maximum absolute atomic E-state index is 12.7. The number of aliphatic carboxylic acids is 1. The summed E-state index contributed by atoms with van der Waals surface area (Å²) in [5, 5.41) is 10.5. The molecule has 2 aromatic rings. The van der Waals surface area contributed by atoms with E-state index in [2.05, 4.69) is 16.5 Å². The first-order valence-corrected chi connectivity index (χ1v) is 10.4. The smallest absolute Gasteiger partial charge is 0.411 e. The van der Waals surface area contributed by atoms with E-state index in [0.717, 1.165) is 5.56 Å². The van der Waals surface area contributed by atoms with Gasteiger partial charge in [-0.3, -0.25) is 4.90 Å². The quantitative estimate of drug-likeness (QED) is 0.715. The number of aromatic nitrogens is 2. The predicted molar refractivity (Wildman–Crippen MR) is 119 cm³/mol. The van der Waals surface area contributed by atoms with Crippen LogP contribution in [-0.2, 0) is 9.53 Å². The van der Waals surface area contributed by atoms with Crippen LogP contribution in [0.4, 0.5) is 4.79 Å². The second-order valence-corrected chi connectivity index (χ2v) is 8.84. The number of ether oxygens (including phenoxy) is 3. The summed E-state index contributed by atoms with van der Waals surface area (Å²) < 4.78 is 17.0. The lowest BCUT2D eigenvalue weighted by molar-refractivity contribution is -0.148. The van der Waals surface area contributed by atoms with E-state index in [9.17, 15) is 14.7 Å². The number of fused-ring (bicyclic) bond motifs is 1. The molecule has 1 amide bonds. The summed E-state index contributed by atoms with van der Waals surface area (Å²) in [5.74, 6) is -0.878. The van der Waals surface area contributed by atoms with Gasteiger partial charge in [-0.2, -0.15) is 9.97 Å². The maximum Gasteiger partial charge on any atom is 0.411 e. The van der Waals surface area contributed by atoms with E-state index in [4.69, 9.17) is 14.2 Å². The van der Waals surface area contributed by atoms with E-state index in [0.29, 0.717) is 17.5 Å². The topological polar surface area (TPSA) is 111 Å². The number of carbonyl (C=O) groups excluding carboxylic acids is 1. The van der Waals surface area contributed by atoms with Crippen LogP contribution < -0.4 is 9.47 Å². The zero-order valence-corrected chi connectivity index (χ0v) is 19.0. The molecule has 32 heavy (non-hydrogen) atoms. The molecule has 2 heterocycles. The molecule has 9 nitrogen and oxygen atoms in total. The second-order valence-electron chi connectivity index (χ2n) is 8.84. The number of rotatable bonds is 6. The highest BCUT2D eigenvalue weighted by Crippen LogP contribution is 2.35. The van der Waals surface area contributed by atoms with Crippen molar-refractivity contribution >= 4 is 29.0 Å². The minimum atomic E-state index is -1.48. The summed E-state index contributed by atoms with van der Waals surface area (Å²) in [6, 6.07) is 5.67. The molecule has 1 aromatic heterocycles. The van der Waals surface area contributed by atoms with Crippen LogP contribution in [0.15, 0.2) is 24.8 Å². The van der Waals surface area contributed by atoms with Crippen molar-refractivity contribution in [3.05, 3.63) is 30.3 Å². The lowest BCUT2D eigenvalue weighted by Crippen LogP contribution is -2.52. The van der Waals surface area contributed by atoms with Gasteiger partial charge < -0.3 is 19.3 Å². The molecule has 172 valence electrons. The number of amides is 1. The summed E-state index contributed by atoms with van der Waals surface area (Å²) in [7, 11) is 0. The van der Waals surface area contributed by atoms with Crippen LogP contribution in [-0.4, -0.2) is 62.4 Å². The molecule has 2 atom stereocenters. The highest BCUT2D eigenvalue weighted by atomic mass is 16.6. The summed E-state index contributed by atoms with van der Waals surface area (Å²) in [6.07, 6.45) is 0.438. The zero-order chi connectivity index (χ0) is 23.7. The number of likely N-dealkylation sites (tertiary alicyclic amines) is 1. The molecule has 3 rings (SSSR count). The van der Waals surface area contributed by atoms with Crippen LogP contribution in [0.25, 0.3) is 17.0 Å². The van der Waals surface area contributed by atoms with Crippen molar-refractivity contribution in [1.29, 1.82) is 0 Å². The van der Waals surface area contributed by atoms with Crippen LogP contribution >= 0.6 is 0 Å². The Morgan fingerprint density at radius 3 is 2.66 bits per heavy atom. The normalized spacial score (nSPS) is 20.8. The standard InChI is InChI=1S/C23H29N3O6/c1-7-14-9-10-17-16(11-14)18(25-20(24-17)30-8-2)31-15-12-23(6,19(27)28)26(13-15)21(29)32-22(3,4)5/h7,9-11,15H,1,8,12-13H2,2-6H3,(H,27,28)/t15-,23+/m1/s1. The van der Waals surface area contributed by atoms with Gasteiger partial charge in [-0.25, -0.2) is 9.59 Å². The first kappa shape index (κ1) is 23.3. The molecule has 0 spiro atoms. The largest absolute Gasteiger partial charge is 0.480 e. The van der Waals surface area contributed by atoms with E-state index in [1.807, 2.05) is 25.1 Å². The van der Waals surface area contributed by atoms with Gasteiger partial charge in [0.15, 0.2) is 0 Å². The van der Waals surface area contributed by atoms with Gasteiger partial charge in [-0.05, 0) is 52.3 Å². The third kappa shape index (κ3) is 4.76. The maximum atomic E-state index is 12.7. The Kier molecular flexibility index (Phi) is 6.29. The van der Waals surface area contributed by atoms with Gasteiger partial charge in [0, 0.05) is 6.42 Å². The van der Waals surface area contributed by atoms with Crippen LogP contribution in [0.2, 0.25) is 0 Å². The molecule has 0 saturated carbocycles. The van der Waals surface area contributed by atoms with Crippen molar-refractivity contribution in [3.8, 4) is 11.9 Å². The Bertz CT molecular complexity index is 1050. The van der Waals surface area contributed by atoms with Gasteiger partial charge in [-0.15, -0.1) is 0 Å². The molecule has 9 heteroatoms. The van der Waals surface area contributed by atoms with Crippen molar-refractivity contribution < 1.29 is 28.9 Å². The van der Waals surface area contributed by atoms with Crippen molar-refractivity contribution in [2.75, 3.05) is 13.2 Å². The van der Waals surface area contributed by atoms with Crippen molar-refractivity contribution in [1.82, 2.24) is 14.9 Å². The van der Waals surface area contributed by atoms with Crippen LogP contribution in [0.5, 0.6) is 11.9 Å². The van der Waals surface area contributed by atoms with Crippen molar-refractivity contribution in [2.24, 2.45) is 0 Å². The monoisotopic (exact) mass is 443 g/mol. The number of nitrogens with zero attached hydrogens (tertiary/aromatic N) is 3. The molecule has 1 aliphatic rings. The second kappa shape index (κ2) is 8.64. The van der Waals surface area contributed by atoms with Crippen molar-refractivity contribution in [2.45, 2.75) is 58.3 Å². The molecule has 0 unspecified atom stereocenters. The first-order valence-electron chi connectivity index (χ1n) is 10.4. The Morgan fingerprint density at radius 1 is 1.34 bits per heavy atom. The summed E-state index contributed by atoms with van der Waals surface area (Å²) in [6.45, 7) is 12.7. The van der Waals surface area contributed by atoms with E-state index < -0.39 is 29.3 Å². The van der Waals surface area contributed by atoms with Gasteiger partial charge in [0.2, 0.25) is 5.88 Å². The van der Waals surface area contributed by atoms with E-state index in [1.54, 1.807) is 26.8 Å². The third-order valence-electron chi connectivity index (χ3n) is 5.13. The summed E-state index contributed by atoms with van der Waals surface area (Å²) in [5.41, 5.74) is -0.768.